The molecule has 0 saturated carbocycles. The third kappa shape index (κ3) is 4.67. The van der Waals surface area contributed by atoms with Crippen molar-refractivity contribution in [2.45, 2.75) is 12.8 Å². The maximum atomic E-state index is 12.1. The largest absolute Gasteiger partial charge is 0.469 e. The summed E-state index contributed by atoms with van der Waals surface area (Å²) in [4.78, 5) is 23.8. The standard InChI is InChI=1S/C21H18O4/c22-20(15-25-21(23)13-12-19-7-4-14-24-19)18-10-8-17(9-11-18)16-5-2-1-3-6-16/h1-11,14H,12-13,15H2. The number of carbonyl (C=O) groups is 2. The van der Waals surface area contributed by atoms with E-state index in [1.54, 1.807) is 30.5 Å². The number of rotatable bonds is 7. The van der Waals surface area contributed by atoms with Crippen molar-refractivity contribution in [3.63, 3.8) is 0 Å². The summed E-state index contributed by atoms with van der Waals surface area (Å²) in [6, 6.07) is 20.8. The number of aryl methyl sites for hydroxylation is 1. The number of benzene rings is 2. The lowest BCUT2D eigenvalue weighted by molar-refractivity contribution is -0.142. The van der Waals surface area contributed by atoms with Crippen LogP contribution in [0.3, 0.4) is 0 Å². The minimum Gasteiger partial charge on any atom is -0.469 e. The van der Waals surface area contributed by atoms with E-state index in [-0.39, 0.29) is 18.8 Å². The lowest BCUT2D eigenvalue weighted by Crippen LogP contribution is -2.14. The molecule has 4 nitrogen and oxygen atoms in total. The Kier molecular flexibility index (Phi) is 5.42. The zero-order valence-corrected chi connectivity index (χ0v) is 13.7. The summed E-state index contributed by atoms with van der Waals surface area (Å²) in [6.07, 6.45) is 2.21. The van der Waals surface area contributed by atoms with Crippen molar-refractivity contribution < 1.29 is 18.7 Å². The van der Waals surface area contributed by atoms with Crippen LogP contribution in [0.2, 0.25) is 0 Å². The number of esters is 1. The number of ketones is 1. The predicted molar refractivity (Wildman–Crippen MR) is 94.2 cm³/mol. The molecule has 4 heteroatoms. The van der Waals surface area contributed by atoms with Crippen LogP contribution >= 0.6 is 0 Å². The number of hydrogen-bond donors (Lipinski definition) is 0. The van der Waals surface area contributed by atoms with E-state index in [2.05, 4.69) is 0 Å². The fourth-order valence-corrected chi connectivity index (χ4v) is 2.46. The molecule has 2 aromatic carbocycles. The Hall–Kier alpha value is -3.14. The van der Waals surface area contributed by atoms with Gasteiger partial charge in [-0.05, 0) is 23.3 Å². The van der Waals surface area contributed by atoms with E-state index < -0.39 is 5.97 Å². The molecule has 0 aliphatic rings. The van der Waals surface area contributed by atoms with E-state index in [4.69, 9.17) is 9.15 Å². The van der Waals surface area contributed by atoms with Crippen molar-refractivity contribution >= 4 is 11.8 Å². The van der Waals surface area contributed by atoms with Gasteiger partial charge in [-0.25, -0.2) is 0 Å². The second-order valence-electron chi connectivity index (χ2n) is 5.61. The van der Waals surface area contributed by atoms with Crippen LogP contribution in [0, 0.1) is 0 Å². The molecule has 0 saturated heterocycles. The smallest absolute Gasteiger partial charge is 0.306 e. The van der Waals surface area contributed by atoms with E-state index in [1.165, 1.54) is 0 Å². The van der Waals surface area contributed by atoms with Gasteiger partial charge in [0.15, 0.2) is 12.4 Å². The first kappa shape index (κ1) is 16.7. The quantitative estimate of drug-likeness (QED) is 0.477. The highest BCUT2D eigenvalue weighted by molar-refractivity contribution is 5.98. The topological polar surface area (TPSA) is 56.5 Å². The maximum Gasteiger partial charge on any atom is 0.306 e. The summed E-state index contributed by atoms with van der Waals surface area (Å²) in [6.45, 7) is -0.248. The normalized spacial score (nSPS) is 10.4. The summed E-state index contributed by atoms with van der Waals surface area (Å²) in [5.41, 5.74) is 2.65. The van der Waals surface area contributed by atoms with E-state index >= 15 is 0 Å². The Morgan fingerprint density at radius 2 is 1.56 bits per heavy atom. The van der Waals surface area contributed by atoms with Gasteiger partial charge < -0.3 is 9.15 Å². The molecule has 1 aromatic heterocycles. The Labute approximate surface area is 146 Å². The van der Waals surface area contributed by atoms with E-state index in [9.17, 15) is 9.59 Å². The van der Waals surface area contributed by atoms with Gasteiger partial charge in [0.25, 0.3) is 0 Å². The van der Waals surface area contributed by atoms with E-state index in [0.717, 1.165) is 16.9 Å². The van der Waals surface area contributed by atoms with Gasteiger partial charge in [0, 0.05) is 12.0 Å². The Balaban J connectivity index is 1.50. The molecule has 0 atom stereocenters. The molecule has 1 heterocycles. The predicted octanol–water partition coefficient (Wildman–Crippen LogP) is 4.31. The van der Waals surface area contributed by atoms with Crippen molar-refractivity contribution in [2.75, 3.05) is 6.61 Å². The molecule has 0 unspecified atom stereocenters. The summed E-state index contributed by atoms with van der Waals surface area (Å²) < 4.78 is 10.2. The van der Waals surface area contributed by atoms with Crippen molar-refractivity contribution in [1.82, 2.24) is 0 Å². The van der Waals surface area contributed by atoms with Crippen LogP contribution in [0.5, 0.6) is 0 Å². The highest BCUT2D eigenvalue weighted by Crippen LogP contribution is 2.19. The van der Waals surface area contributed by atoms with Crippen LogP contribution in [0.25, 0.3) is 11.1 Å². The van der Waals surface area contributed by atoms with Crippen LogP contribution in [0.4, 0.5) is 0 Å². The van der Waals surface area contributed by atoms with Gasteiger partial charge in [0.1, 0.15) is 5.76 Å². The van der Waals surface area contributed by atoms with Gasteiger partial charge in [0.05, 0.1) is 12.7 Å². The zero-order valence-electron chi connectivity index (χ0n) is 13.7. The van der Waals surface area contributed by atoms with Crippen LogP contribution in [0.15, 0.2) is 77.4 Å². The molecule has 126 valence electrons. The Morgan fingerprint density at radius 1 is 0.840 bits per heavy atom. The van der Waals surface area contributed by atoms with Crippen molar-refractivity contribution in [1.29, 1.82) is 0 Å². The first-order chi connectivity index (χ1) is 12.2. The highest BCUT2D eigenvalue weighted by atomic mass is 16.5. The minimum absolute atomic E-state index is 0.188. The van der Waals surface area contributed by atoms with Gasteiger partial charge in [-0.2, -0.15) is 0 Å². The van der Waals surface area contributed by atoms with Crippen molar-refractivity contribution in [2.24, 2.45) is 0 Å². The van der Waals surface area contributed by atoms with Gasteiger partial charge in [-0.1, -0.05) is 54.6 Å². The summed E-state index contributed by atoms with van der Waals surface area (Å²) in [7, 11) is 0. The molecular formula is C21H18O4. The molecule has 0 N–H and O–H groups in total. The number of furan rings is 1. The molecule has 0 radical (unpaired) electrons. The van der Waals surface area contributed by atoms with Gasteiger partial charge in [-0.15, -0.1) is 0 Å². The van der Waals surface area contributed by atoms with E-state index in [1.807, 2.05) is 42.5 Å². The van der Waals surface area contributed by atoms with Crippen LogP contribution < -0.4 is 0 Å². The first-order valence-electron chi connectivity index (χ1n) is 8.09. The second-order valence-corrected chi connectivity index (χ2v) is 5.61. The third-order valence-electron chi connectivity index (χ3n) is 3.83. The molecule has 0 fully saturated rings. The van der Waals surface area contributed by atoms with E-state index in [0.29, 0.717) is 12.0 Å². The lowest BCUT2D eigenvalue weighted by Gasteiger charge is -2.05. The second kappa shape index (κ2) is 8.11. The number of carbonyl (C=O) groups excluding carboxylic acids is 2. The summed E-state index contributed by atoms with van der Waals surface area (Å²) in [5.74, 6) is 0.0939. The Bertz CT molecular complexity index is 818. The van der Waals surface area contributed by atoms with Gasteiger partial charge >= 0.3 is 5.97 Å². The molecule has 0 spiro atoms. The summed E-state index contributed by atoms with van der Waals surface area (Å²) in [5, 5.41) is 0. The molecule has 25 heavy (non-hydrogen) atoms. The van der Waals surface area contributed by atoms with Crippen LogP contribution in [0.1, 0.15) is 22.5 Å². The highest BCUT2D eigenvalue weighted by Gasteiger charge is 2.11. The SMILES string of the molecule is O=C(CCc1ccco1)OCC(=O)c1ccc(-c2ccccc2)cc1. The number of hydrogen-bond acceptors (Lipinski definition) is 4. The molecule has 3 rings (SSSR count). The van der Waals surface area contributed by atoms with Gasteiger partial charge in [-0.3, -0.25) is 9.59 Å². The number of Topliss-reactive ketones (excluding diaryl/α,β-unsaturated/α-hetero) is 1. The fourth-order valence-electron chi connectivity index (χ4n) is 2.46. The molecule has 0 aliphatic carbocycles. The van der Waals surface area contributed by atoms with Crippen LogP contribution in [-0.4, -0.2) is 18.4 Å². The Morgan fingerprint density at radius 3 is 2.24 bits per heavy atom. The maximum absolute atomic E-state index is 12.1. The van der Waals surface area contributed by atoms with Gasteiger partial charge in [0.2, 0.25) is 0 Å². The van der Waals surface area contributed by atoms with Crippen molar-refractivity contribution in [3.8, 4) is 11.1 Å². The summed E-state index contributed by atoms with van der Waals surface area (Å²) >= 11 is 0. The molecule has 3 aromatic rings. The van der Waals surface area contributed by atoms with Crippen molar-refractivity contribution in [3.05, 3.63) is 84.3 Å². The number of ether oxygens (including phenoxy) is 1. The average molecular weight is 334 g/mol. The monoisotopic (exact) mass is 334 g/mol. The molecule has 0 amide bonds. The minimum atomic E-state index is -0.411. The molecule has 0 aliphatic heterocycles. The third-order valence-corrected chi connectivity index (χ3v) is 3.83. The molecular weight excluding hydrogens is 316 g/mol. The zero-order chi connectivity index (χ0) is 17.5. The molecule has 0 bridgehead atoms. The van der Waals surface area contributed by atoms with Crippen LogP contribution in [-0.2, 0) is 16.0 Å². The fraction of sp³-hybridized carbons (Fsp3) is 0.143. The lowest BCUT2D eigenvalue weighted by atomic mass is 10.0. The average Bonchev–Trinajstić information content (AvgIpc) is 3.19. The first-order valence-corrected chi connectivity index (χ1v) is 8.09.